The van der Waals surface area contributed by atoms with Crippen LogP contribution in [0.1, 0.15) is 31.9 Å². The van der Waals surface area contributed by atoms with Crippen molar-refractivity contribution >= 4 is 40.0 Å². The number of sulfonamides is 1. The van der Waals surface area contributed by atoms with E-state index in [0.29, 0.717) is 32.2 Å². The molecule has 1 aromatic carbocycles. The van der Waals surface area contributed by atoms with Gasteiger partial charge in [-0.2, -0.15) is 0 Å². The van der Waals surface area contributed by atoms with E-state index in [2.05, 4.69) is 32.5 Å². The Morgan fingerprint density at radius 2 is 1.88 bits per heavy atom. The third-order valence-corrected chi connectivity index (χ3v) is 4.06. The van der Waals surface area contributed by atoms with E-state index >= 15 is 0 Å². The van der Waals surface area contributed by atoms with Gasteiger partial charge in [-0.15, -0.1) is 24.0 Å². The summed E-state index contributed by atoms with van der Waals surface area (Å²) in [6, 6.07) is 10.1. The van der Waals surface area contributed by atoms with Gasteiger partial charge in [-0.05, 0) is 25.8 Å². The Morgan fingerprint density at radius 3 is 2.50 bits per heavy atom. The van der Waals surface area contributed by atoms with Gasteiger partial charge in [0.2, 0.25) is 10.0 Å². The van der Waals surface area contributed by atoms with Crippen LogP contribution in [0.15, 0.2) is 35.3 Å². The molecule has 0 aliphatic carbocycles. The molecule has 3 N–H and O–H groups in total. The van der Waals surface area contributed by atoms with Gasteiger partial charge in [-0.3, -0.25) is 4.99 Å². The van der Waals surface area contributed by atoms with Crippen molar-refractivity contribution in [2.45, 2.75) is 26.4 Å². The minimum atomic E-state index is -3.16. The molecule has 0 saturated carbocycles. The van der Waals surface area contributed by atoms with Crippen LogP contribution < -0.4 is 15.4 Å². The molecule has 0 heterocycles. The molecule has 150 valence electrons. The summed E-state index contributed by atoms with van der Waals surface area (Å²) in [5, 5.41) is 6.22. The van der Waals surface area contributed by atoms with Gasteiger partial charge in [0.05, 0.1) is 12.4 Å². The Bertz CT molecular complexity index is 612. The highest BCUT2D eigenvalue weighted by Gasteiger charge is 2.04. The third-order valence-electron chi connectivity index (χ3n) is 3.34. The minimum Gasteiger partial charge on any atom is -0.374 e. The smallest absolute Gasteiger partial charge is 0.208 e. The highest BCUT2D eigenvalue weighted by atomic mass is 127. The van der Waals surface area contributed by atoms with Crippen LogP contribution in [0.3, 0.4) is 0 Å². The molecule has 0 aliphatic rings. The van der Waals surface area contributed by atoms with Gasteiger partial charge in [-0.25, -0.2) is 13.1 Å². The first-order valence-corrected chi connectivity index (χ1v) is 10.4. The second kappa shape index (κ2) is 14.2. The monoisotopic (exact) mass is 498 g/mol. The summed E-state index contributed by atoms with van der Waals surface area (Å²) < 4.78 is 30.3. The maximum Gasteiger partial charge on any atom is 0.208 e. The number of nitrogens with one attached hydrogen (secondary N) is 3. The van der Waals surface area contributed by atoms with Crippen LogP contribution in [0.5, 0.6) is 0 Å². The van der Waals surface area contributed by atoms with E-state index in [1.165, 1.54) is 5.56 Å². The standard InChI is InChI=1S/C17H30N4O3S.HI/c1-4-18-17(20-12-13-21-25(3,22)23)19-11-8-14-24-15(2)16-9-6-5-7-10-16;/h5-7,9-10,15,21H,4,8,11-14H2,1-3H3,(H2,18,19,20);1H. The van der Waals surface area contributed by atoms with Crippen LogP contribution in [-0.4, -0.2) is 53.4 Å². The Morgan fingerprint density at radius 1 is 1.19 bits per heavy atom. The number of halogens is 1. The summed E-state index contributed by atoms with van der Waals surface area (Å²) in [7, 11) is -3.16. The number of hydrogen-bond acceptors (Lipinski definition) is 4. The highest BCUT2D eigenvalue weighted by molar-refractivity contribution is 14.0. The molecule has 26 heavy (non-hydrogen) atoms. The van der Waals surface area contributed by atoms with Crippen LogP contribution >= 0.6 is 24.0 Å². The number of rotatable bonds is 11. The van der Waals surface area contributed by atoms with Crippen molar-refractivity contribution in [3.05, 3.63) is 35.9 Å². The van der Waals surface area contributed by atoms with E-state index in [0.717, 1.165) is 19.2 Å². The van der Waals surface area contributed by atoms with Crippen LogP contribution in [0.4, 0.5) is 0 Å². The SMILES string of the molecule is CCNC(=NCCCOC(C)c1ccccc1)NCCNS(C)(=O)=O.I. The number of aliphatic imine (C=N–C) groups is 1. The molecule has 0 bridgehead atoms. The minimum absolute atomic E-state index is 0. The lowest BCUT2D eigenvalue weighted by Gasteiger charge is -2.13. The Hall–Kier alpha value is -0.910. The highest BCUT2D eigenvalue weighted by Crippen LogP contribution is 2.15. The van der Waals surface area contributed by atoms with E-state index in [9.17, 15) is 8.42 Å². The number of ether oxygens (including phenoxy) is 1. The summed E-state index contributed by atoms with van der Waals surface area (Å²) in [4.78, 5) is 4.45. The molecule has 1 unspecified atom stereocenters. The van der Waals surface area contributed by atoms with Crippen LogP contribution in [-0.2, 0) is 14.8 Å². The van der Waals surface area contributed by atoms with Gasteiger partial charge in [0.25, 0.3) is 0 Å². The lowest BCUT2D eigenvalue weighted by Crippen LogP contribution is -2.41. The molecule has 0 radical (unpaired) electrons. The fraction of sp³-hybridized carbons (Fsp3) is 0.588. The number of nitrogens with zero attached hydrogens (tertiary/aromatic N) is 1. The van der Waals surface area contributed by atoms with Crippen LogP contribution in [0, 0.1) is 0 Å². The first kappa shape index (κ1) is 25.1. The average molecular weight is 498 g/mol. The maximum absolute atomic E-state index is 11.0. The molecule has 0 aromatic heterocycles. The summed E-state index contributed by atoms with van der Waals surface area (Å²) in [6.45, 7) is 6.83. The molecule has 9 heteroatoms. The van der Waals surface area contributed by atoms with E-state index < -0.39 is 10.0 Å². The molecule has 0 fully saturated rings. The van der Waals surface area contributed by atoms with E-state index in [4.69, 9.17) is 4.74 Å². The van der Waals surface area contributed by atoms with Crippen molar-refractivity contribution < 1.29 is 13.2 Å². The first-order valence-electron chi connectivity index (χ1n) is 8.55. The molecule has 7 nitrogen and oxygen atoms in total. The molecule has 0 saturated heterocycles. The van der Waals surface area contributed by atoms with E-state index in [-0.39, 0.29) is 30.1 Å². The molecule has 0 spiro atoms. The van der Waals surface area contributed by atoms with E-state index in [1.807, 2.05) is 32.0 Å². The Kier molecular flexibility index (Phi) is 13.7. The Balaban J connectivity index is 0.00000625. The molecular weight excluding hydrogens is 467 g/mol. The lowest BCUT2D eigenvalue weighted by atomic mass is 10.1. The zero-order valence-corrected chi connectivity index (χ0v) is 18.8. The summed E-state index contributed by atoms with van der Waals surface area (Å²) in [5.41, 5.74) is 1.17. The zero-order valence-electron chi connectivity index (χ0n) is 15.7. The second-order valence-corrected chi connectivity index (χ2v) is 7.46. The predicted octanol–water partition coefficient (Wildman–Crippen LogP) is 1.88. The van der Waals surface area contributed by atoms with Gasteiger partial charge in [0.1, 0.15) is 0 Å². The van der Waals surface area contributed by atoms with Crippen molar-refractivity contribution in [3.8, 4) is 0 Å². The van der Waals surface area contributed by atoms with Gasteiger partial charge in [0, 0.05) is 32.8 Å². The summed E-state index contributed by atoms with van der Waals surface area (Å²) in [6.07, 6.45) is 2.02. The molecular formula is C17H31IN4O3S. The maximum atomic E-state index is 11.0. The molecule has 1 aromatic rings. The summed E-state index contributed by atoms with van der Waals surface area (Å²) in [5.74, 6) is 0.675. The number of benzene rings is 1. The quantitative estimate of drug-likeness (QED) is 0.188. The van der Waals surface area contributed by atoms with Gasteiger partial charge >= 0.3 is 0 Å². The van der Waals surface area contributed by atoms with Crippen molar-refractivity contribution in [1.82, 2.24) is 15.4 Å². The summed E-state index contributed by atoms with van der Waals surface area (Å²) >= 11 is 0. The predicted molar refractivity (Wildman–Crippen MR) is 118 cm³/mol. The average Bonchev–Trinajstić information content (AvgIpc) is 2.58. The second-order valence-electron chi connectivity index (χ2n) is 5.63. The van der Waals surface area contributed by atoms with E-state index in [1.54, 1.807) is 0 Å². The van der Waals surface area contributed by atoms with Crippen molar-refractivity contribution in [3.63, 3.8) is 0 Å². The van der Waals surface area contributed by atoms with Crippen molar-refractivity contribution in [1.29, 1.82) is 0 Å². The van der Waals surface area contributed by atoms with Crippen LogP contribution in [0.25, 0.3) is 0 Å². The van der Waals surface area contributed by atoms with Gasteiger partial charge in [0.15, 0.2) is 5.96 Å². The molecule has 0 amide bonds. The normalized spacial score (nSPS) is 13.0. The largest absolute Gasteiger partial charge is 0.374 e. The van der Waals surface area contributed by atoms with Crippen molar-refractivity contribution in [2.24, 2.45) is 4.99 Å². The third kappa shape index (κ3) is 12.4. The van der Waals surface area contributed by atoms with Gasteiger partial charge < -0.3 is 15.4 Å². The number of guanidine groups is 1. The van der Waals surface area contributed by atoms with Gasteiger partial charge in [-0.1, -0.05) is 30.3 Å². The molecule has 1 atom stereocenters. The zero-order chi connectivity index (χ0) is 18.5. The lowest BCUT2D eigenvalue weighted by molar-refractivity contribution is 0.0652. The number of hydrogen-bond donors (Lipinski definition) is 3. The van der Waals surface area contributed by atoms with Crippen LogP contribution in [0.2, 0.25) is 0 Å². The molecule has 0 aliphatic heterocycles. The first-order chi connectivity index (χ1) is 11.9. The molecule has 1 rings (SSSR count). The fourth-order valence-electron chi connectivity index (χ4n) is 2.09. The fourth-order valence-corrected chi connectivity index (χ4v) is 2.57. The Labute approximate surface area is 174 Å². The van der Waals surface area contributed by atoms with Crippen molar-refractivity contribution in [2.75, 3.05) is 39.0 Å². The topological polar surface area (TPSA) is 91.8 Å².